The molecule has 2 aromatic carbocycles. The predicted octanol–water partition coefficient (Wildman–Crippen LogP) is 5.89. The van der Waals surface area contributed by atoms with Gasteiger partial charge >= 0.3 is 0 Å². The second-order valence-corrected chi connectivity index (χ2v) is 8.52. The van der Waals surface area contributed by atoms with Gasteiger partial charge in [-0.25, -0.2) is 4.98 Å². The highest BCUT2D eigenvalue weighted by Gasteiger charge is 2.21. The standard InChI is InChI=1S/C24H23N3O2S/c1-2-27-23(28)21-19-10-6-7-11-20(19)30-22(21)26-24(27)25-16-12-14-18(15-13-16)29-17-8-4-3-5-9-17/h3-5,8-9,12-15H,2,6-7,10-11H2,1H3,(H,25,26). The lowest BCUT2D eigenvalue weighted by Gasteiger charge is -2.14. The molecule has 2 aromatic heterocycles. The van der Waals surface area contributed by atoms with Crippen molar-refractivity contribution in [3.05, 3.63) is 75.4 Å². The van der Waals surface area contributed by atoms with Crippen LogP contribution in [0.3, 0.4) is 0 Å². The van der Waals surface area contributed by atoms with E-state index in [0.29, 0.717) is 12.5 Å². The maximum absolute atomic E-state index is 13.2. The number of rotatable bonds is 5. The van der Waals surface area contributed by atoms with Crippen molar-refractivity contribution in [3.8, 4) is 11.5 Å². The Bertz CT molecular complexity index is 1240. The average Bonchev–Trinajstić information content (AvgIpc) is 3.15. The van der Waals surface area contributed by atoms with Gasteiger partial charge in [-0.15, -0.1) is 11.3 Å². The van der Waals surface area contributed by atoms with Gasteiger partial charge in [0.25, 0.3) is 5.56 Å². The van der Waals surface area contributed by atoms with Crippen molar-refractivity contribution >= 4 is 33.2 Å². The Kier molecular flexibility index (Phi) is 5.01. The fraction of sp³-hybridized carbons (Fsp3) is 0.250. The number of benzene rings is 2. The van der Waals surface area contributed by atoms with Gasteiger partial charge in [0.1, 0.15) is 16.3 Å². The Morgan fingerprint density at radius 1 is 1.03 bits per heavy atom. The summed E-state index contributed by atoms with van der Waals surface area (Å²) in [6, 6.07) is 17.4. The molecule has 0 spiro atoms. The monoisotopic (exact) mass is 417 g/mol. The molecule has 0 aliphatic heterocycles. The third kappa shape index (κ3) is 3.48. The lowest BCUT2D eigenvalue weighted by atomic mass is 9.97. The second kappa shape index (κ2) is 7.95. The van der Waals surface area contributed by atoms with E-state index in [9.17, 15) is 4.79 Å². The van der Waals surface area contributed by atoms with Gasteiger partial charge in [-0.3, -0.25) is 9.36 Å². The fourth-order valence-electron chi connectivity index (χ4n) is 3.99. The number of nitrogens with one attached hydrogen (secondary N) is 1. The normalized spacial score (nSPS) is 13.2. The average molecular weight is 418 g/mol. The molecule has 5 rings (SSSR count). The van der Waals surface area contributed by atoms with Gasteiger partial charge < -0.3 is 10.1 Å². The highest BCUT2D eigenvalue weighted by molar-refractivity contribution is 7.18. The maximum atomic E-state index is 13.2. The molecule has 5 nitrogen and oxygen atoms in total. The molecular formula is C24H23N3O2S. The molecule has 2 heterocycles. The zero-order valence-electron chi connectivity index (χ0n) is 16.9. The highest BCUT2D eigenvalue weighted by Crippen LogP contribution is 2.34. The molecule has 152 valence electrons. The number of aryl methyl sites for hydroxylation is 2. The molecule has 6 heteroatoms. The van der Waals surface area contributed by atoms with Gasteiger partial charge in [-0.2, -0.15) is 0 Å². The molecule has 0 bridgehead atoms. The van der Waals surface area contributed by atoms with Gasteiger partial charge in [-0.1, -0.05) is 18.2 Å². The minimum absolute atomic E-state index is 0.0634. The van der Waals surface area contributed by atoms with Crippen LogP contribution in [0.2, 0.25) is 0 Å². The molecule has 4 aromatic rings. The van der Waals surface area contributed by atoms with E-state index in [-0.39, 0.29) is 5.56 Å². The topological polar surface area (TPSA) is 56.1 Å². The van der Waals surface area contributed by atoms with Gasteiger partial charge in [0.15, 0.2) is 0 Å². The van der Waals surface area contributed by atoms with E-state index in [2.05, 4.69) is 5.32 Å². The zero-order valence-corrected chi connectivity index (χ0v) is 17.7. The Morgan fingerprint density at radius 2 is 1.77 bits per heavy atom. The number of anilines is 2. The van der Waals surface area contributed by atoms with Crippen molar-refractivity contribution in [1.82, 2.24) is 9.55 Å². The quantitative estimate of drug-likeness (QED) is 0.440. The summed E-state index contributed by atoms with van der Waals surface area (Å²) in [5.41, 5.74) is 2.16. The predicted molar refractivity (Wildman–Crippen MR) is 122 cm³/mol. The van der Waals surface area contributed by atoms with Gasteiger partial charge in [0.05, 0.1) is 5.39 Å². The first-order valence-corrected chi connectivity index (χ1v) is 11.2. The molecule has 0 unspecified atom stereocenters. The van der Waals surface area contributed by atoms with Gasteiger partial charge in [0.2, 0.25) is 5.95 Å². The molecule has 1 aliphatic rings. The number of hydrogen-bond acceptors (Lipinski definition) is 5. The largest absolute Gasteiger partial charge is 0.457 e. The molecular weight excluding hydrogens is 394 g/mol. The van der Waals surface area contributed by atoms with E-state index >= 15 is 0 Å². The Morgan fingerprint density at radius 3 is 2.53 bits per heavy atom. The van der Waals surface area contributed by atoms with Crippen molar-refractivity contribution in [2.45, 2.75) is 39.2 Å². The summed E-state index contributed by atoms with van der Waals surface area (Å²) in [5.74, 6) is 2.14. The molecule has 0 amide bonds. The number of para-hydroxylation sites is 1. The van der Waals surface area contributed by atoms with Crippen molar-refractivity contribution in [2.75, 3.05) is 5.32 Å². The van der Waals surface area contributed by atoms with Crippen molar-refractivity contribution in [2.24, 2.45) is 0 Å². The van der Waals surface area contributed by atoms with E-state index in [4.69, 9.17) is 9.72 Å². The van der Waals surface area contributed by atoms with Crippen LogP contribution < -0.4 is 15.6 Å². The van der Waals surface area contributed by atoms with Crippen molar-refractivity contribution in [3.63, 3.8) is 0 Å². The summed E-state index contributed by atoms with van der Waals surface area (Å²) in [7, 11) is 0. The van der Waals surface area contributed by atoms with E-state index in [1.807, 2.05) is 61.5 Å². The number of fused-ring (bicyclic) bond motifs is 3. The molecule has 30 heavy (non-hydrogen) atoms. The first kappa shape index (κ1) is 18.9. The molecule has 0 saturated heterocycles. The first-order chi connectivity index (χ1) is 14.7. The molecule has 0 radical (unpaired) electrons. The third-order valence-corrected chi connectivity index (χ3v) is 6.67. The number of hydrogen-bond donors (Lipinski definition) is 1. The third-order valence-electron chi connectivity index (χ3n) is 5.48. The lowest BCUT2D eigenvalue weighted by molar-refractivity contribution is 0.483. The minimum Gasteiger partial charge on any atom is -0.457 e. The van der Waals surface area contributed by atoms with Crippen LogP contribution in [0.1, 0.15) is 30.2 Å². The Balaban J connectivity index is 1.45. The van der Waals surface area contributed by atoms with Crippen LogP contribution in [-0.2, 0) is 19.4 Å². The van der Waals surface area contributed by atoms with Gasteiger partial charge in [-0.05, 0) is 74.6 Å². The maximum Gasteiger partial charge on any atom is 0.263 e. The minimum atomic E-state index is 0.0634. The molecule has 1 aliphatic carbocycles. The molecule has 0 saturated carbocycles. The first-order valence-electron chi connectivity index (χ1n) is 10.4. The summed E-state index contributed by atoms with van der Waals surface area (Å²) in [6.45, 7) is 2.56. The van der Waals surface area contributed by atoms with Gasteiger partial charge in [0, 0.05) is 17.1 Å². The van der Waals surface area contributed by atoms with E-state index in [1.54, 1.807) is 15.9 Å². The van der Waals surface area contributed by atoms with Crippen LogP contribution in [-0.4, -0.2) is 9.55 Å². The van der Waals surface area contributed by atoms with Crippen molar-refractivity contribution in [1.29, 1.82) is 0 Å². The molecule has 0 atom stereocenters. The van der Waals surface area contributed by atoms with E-state index < -0.39 is 0 Å². The smallest absolute Gasteiger partial charge is 0.263 e. The Labute approximate surface area is 179 Å². The summed E-state index contributed by atoms with van der Waals surface area (Å²) < 4.78 is 7.59. The summed E-state index contributed by atoms with van der Waals surface area (Å²) in [6.07, 6.45) is 4.41. The number of thiophene rings is 1. The van der Waals surface area contributed by atoms with E-state index in [0.717, 1.165) is 46.7 Å². The van der Waals surface area contributed by atoms with Crippen molar-refractivity contribution < 1.29 is 4.74 Å². The van der Waals surface area contributed by atoms with Crippen LogP contribution in [0, 0.1) is 0 Å². The van der Waals surface area contributed by atoms with Crippen LogP contribution in [0.4, 0.5) is 11.6 Å². The summed E-state index contributed by atoms with van der Waals surface area (Å²) in [5, 5.41) is 4.16. The van der Waals surface area contributed by atoms with E-state index in [1.165, 1.54) is 16.9 Å². The molecule has 1 N–H and O–H groups in total. The lowest BCUT2D eigenvalue weighted by Crippen LogP contribution is -2.23. The SMILES string of the molecule is CCn1c(Nc2ccc(Oc3ccccc3)cc2)nc2sc3c(c2c1=O)CCCC3. The number of aromatic nitrogens is 2. The fourth-order valence-corrected chi connectivity index (χ4v) is 5.24. The summed E-state index contributed by atoms with van der Waals surface area (Å²) in [4.78, 5) is 20.3. The van der Waals surface area contributed by atoms with Crippen LogP contribution in [0.25, 0.3) is 10.2 Å². The van der Waals surface area contributed by atoms with Crippen LogP contribution in [0.5, 0.6) is 11.5 Å². The zero-order chi connectivity index (χ0) is 20.5. The Hall–Kier alpha value is -3.12. The van der Waals surface area contributed by atoms with Crippen LogP contribution in [0.15, 0.2) is 59.4 Å². The van der Waals surface area contributed by atoms with Crippen LogP contribution >= 0.6 is 11.3 Å². The summed E-state index contributed by atoms with van der Waals surface area (Å²) >= 11 is 1.68. The molecule has 0 fully saturated rings. The number of nitrogens with zero attached hydrogens (tertiary/aromatic N) is 2. The number of ether oxygens (including phenoxy) is 1. The highest BCUT2D eigenvalue weighted by atomic mass is 32.1. The second-order valence-electron chi connectivity index (χ2n) is 7.44.